The van der Waals surface area contributed by atoms with Crippen LogP contribution in [0, 0.1) is 0 Å². The summed E-state index contributed by atoms with van der Waals surface area (Å²) in [6.07, 6.45) is 1.87. The summed E-state index contributed by atoms with van der Waals surface area (Å²) in [7, 11) is -3.87. The Kier molecular flexibility index (Phi) is 3.90. The van der Waals surface area contributed by atoms with Crippen molar-refractivity contribution in [1.82, 2.24) is 0 Å². The van der Waals surface area contributed by atoms with Gasteiger partial charge in [-0.3, -0.25) is 4.79 Å². The molecular formula is C14H12O4S3. The maximum Gasteiger partial charge on any atom is 0.324 e. The van der Waals surface area contributed by atoms with Crippen LogP contribution in [-0.4, -0.2) is 29.3 Å². The molecule has 0 fully saturated rings. The summed E-state index contributed by atoms with van der Waals surface area (Å²) >= 11 is 2.49. The standard InChI is InChI=1S/C14H12O4S3/c15-13(16)12(14-19-5-6-20-14)21(17,18)11-7-9-3-1-2-4-10(9)8-11/h1-7,12,14H,8H2,(H,15,16). The summed E-state index contributed by atoms with van der Waals surface area (Å²) < 4.78 is 24.9. The first-order valence-corrected chi connectivity index (χ1v) is 9.64. The second-order valence-corrected chi connectivity index (χ2v) is 9.23. The molecule has 7 heteroatoms. The molecule has 21 heavy (non-hydrogen) atoms. The molecule has 0 radical (unpaired) electrons. The molecule has 0 amide bonds. The number of fused-ring (bicyclic) bond motifs is 1. The van der Waals surface area contributed by atoms with E-state index in [1.165, 1.54) is 23.5 Å². The zero-order valence-corrected chi connectivity index (χ0v) is 13.2. The second-order valence-electron chi connectivity index (χ2n) is 4.70. The number of carboxylic acid groups (broad SMARTS) is 1. The number of allylic oxidation sites excluding steroid dienone is 1. The van der Waals surface area contributed by atoms with Crippen LogP contribution in [0.5, 0.6) is 0 Å². The fraction of sp³-hybridized carbons (Fsp3) is 0.214. The molecule has 2 aliphatic rings. The van der Waals surface area contributed by atoms with E-state index < -0.39 is 25.6 Å². The molecule has 1 aromatic rings. The maximum atomic E-state index is 12.7. The lowest BCUT2D eigenvalue weighted by atomic mass is 10.1. The van der Waals surface area contributed by atoms with Crippen LogP contribution in [0.3, 0.4) is 0 Å². The van der Waals surface area contributed by atoms with Gasteiger partial charge in [-0.15, -0.1) is 23.5 Å². The van der Waals surface area contributed by atoms with Crippen LogP contribution in [0.15, 0.2) is 40.0 Å². The Morgan fingerprint density at radius 3 is 2.52 bits per heavy atom. The average molecular weight is 340 g/mol. The predicted molar refractivity (Wildman–Crippen MR) is 86.6 cm³/mol. The van der Waals surface area contributed by atoms with Gasteiger partial charge in [-0.05, 0) is 28.0 Å². The van der Waals surface area contributed by atoms with Gasteiger partial charge in [0, 0.05) is 6.42 Å². The van der Waals surface area contributed by atoms with E-state index >= 15 is 0 Å². The minimum Gasteiger partial charge on any atom is -0.480 e. The molecule has 110 valence electrons. The van der Waals surface area contributed by atoms with Gasteiger partial charge in [0.15, 0.2) is 15.1 Å². The number of rotatable bonds is 4. The Balaban J connectivity index is 1.95. The normalized spacial score (nSPS) is 19.3. The van der Waals surface area contributed by atoms with E-state index in [4.69, 9.17) is 0 Å². The molecule has 1 aromatic carbocycles. The van der Waals surface area contributed by atoms with E-state index in [9.17, 15) is 18.3 Å². The third kappa shape index (κ3) is 2.65. The first-order valence-electron chi connectivity index (χ1n) is 6.21. The van der Waals surface area contributed by atoms with E-state index in [1.54, 1.807) is 16.9 Å². The maximum absolute atomic E-state index is 12.7. The molecule has 1 aliphatic carbocycles. The quantitative estimate of drug-likeness (QED) is 0.909. The molecule has 1 atom stereocenters. The van der Waals surface area contributed by atoms with E-state index in [1.807, 2.05) is 24.3 Å². The van der Waals surface area contributed by atoms with E-state index in [0.717, 1.165) is 11.1 Å². The van der Waals surface area contributed by atoms with Crippen LogP contribution >= 0.6 is 23.5 Å². The van der Waals surface area contributed by atoms with Crippen LogP contribution in [0.2, 0.25) is 0 Å². The number of thioether (sulfide) groups is 2. The minimum atomic E-state index is -3.87. The third-order valence-electron chi connectivity index (χ3n) is 3.41. The summed E-state index contributed by atoms with van der Waals surface area (Å²) in [5.41, 5.74) is 1.77. The number of benzene rings is 1. The van der Waals surface area contributed by atoms with Crippen molar-refractivity contribution in [2.75, 3.05) is 0 Å². The van der Waals surface area contributed by atoms with Crippen LogP contribution in [0.4, 0.5) is 0 Å². The second kappa shape index (κ2) is 5.55. The predicted octanol–water partition coefficient (Wildman–Crippen LogP) is 2.73. The minimum absolute atomic E-state index is 0.198. The number of carbonyl (C=O) groups is 1. The van der Waals surface area contributed by atoms with Crippen molar-refractivity contribution in [2.24, 2.45) is 0 Å². The highest BCUT2D eigenvalue weighted by Crippen LogP contribution is 2.41. The van der Waals surface area contributed by atoms with Gasteiger partial charge in [0.1, 0.15) is 0 Å². The van der Waals surface area contributed by atoms with Crippen molar-refractivity contribution < 1.29 is 18.3 Å². The summed E-state index contributed by atoms with van der Waals surface area (Å²) in [5, 5.41) is 11.4. The molecule has 1 heterocycles. The fourth-order valence-corrected chi connectivity index (χ4v) is 7.16. The van der Waals surface area contributed by atoms with Gasteiger partial charge in [-0.1, -0.05) is 24.3 Å². The van der Waals surface area contributed by atoms with E-state index in [0.29, 0.717) is 0 Å². The molecule has 0 bridgehead atoms. The Hall–Kier alpha value is -1.18. The summed E-state index contributed by atoms with van der Waals surface area (Å²) in [6.45, 7) is 0. The third-order valence-corrected chi connectivity index (χ3v) is 8.39. The zero-order valence-electron chi connectivity index (χ0n) is 10.8. The SMILES string of the molecule is O=C(O)C(C1SC=CS1)S(=O)(=O)C1=Cc2ccccc2C1. The van der Waals surface area contributed by atoms with Gasteiger partial charge >= 0.3 is 5.97 Å². The van der Waals surface area contributed by atoms with E-state index in [-0.39, 0.29) is 11.3 Å². The zero-order chi connectivity index (χ0) is 15.0. The smallest absolute Gasteiger partial charge is 0.324 e. The molecule has 0 aromatic heterocycles. The van der Waals surface area contributed by atoms with Crippen LogP contribution < -0.4 is 0 Å². The van der Waals surface area contributed by atoms with Gasteiger partial charge in [0.05, 0.1) is 9.49 Å². The van der Waals surface area contributed by atoms with Crippen molar-refractivity contribution in [1.29, 1.82) is 0 Å². The topological polar surface area (TPSA) is 71.4 Å². The first-order chi connectivity index (χ1) is 10.00. The lowest BCUT2D eigenvalue weighted by Crippen LogP contribution is -2.37. The Morgan fingerprint density at radius 1 is 1.24 bits per heavy atom. The highest BCUT2D eigenvalue weighted by atomic mass is 32.2. The lowest BCUT2D eigenvalue weighted by molar-refractivity contribution is -0.136. The van der Waals surface area contributed by atoms with Gasteiger partial charge in [0.25, 0.3) is 0 Å². The van der Waals surface area contributed by atoms with Gasteiger partial charge in [-0.25, -0.2) is 8.42 Å². The molecule has 0 saturated carbocycles. The van der Waals surface area contributed by atoms with Crippen molar-refractivity contribution in [2.45, 2.75) is 16.3 Å². The number of hydrogen-bond donors (Lipinski definition) is 1. The Labute approximate surface area is 131 Å². The number of hydrogen-bond acceptors (Lipinski definition) is 5. The summed E-state index contributed by atoms with van der Waals surface area (Å²) in [6, 6.07) is 7.40. The number of aliphatic carboxylic acids is 1. The molecular weight excluding hydrogens is 328 g/mol. The van der Waals surface area contributed by atoms with Crippen molar-refractivity contribution >= 4 is 45.4 Å². The average Bonchev–Trinajstić information content (AvgIpc) is 3.06. The number of carboxylic acids is 1. The molecule has 3 rings (SSSR count). The largest absolute Gasteiger partial charge is 0.480 e. The molecule has 0 spiro atoms. The number of sulfone groups is 1. The molecule has 1 N–H and O–H groups in total. The molecule has 0 saturated heterocycles. The highest BCUT2D eigenvalue weighted by molar-refractivity contribution is 8.23. The summed E-state index contributed by atoms with van der Waals surface area (Å²) in [4.78, 5) is 11.7. The summed E-state index contributed by atoms with van der Waals surface area (Å²) in [5.74, 6) is -1.29. The van der Waals surface area contributed by atoms with Gasteiger partial charge in [-0.2, -0.15) is 0 Å². The van der Waals surface area contributed by atoms with Gasteiger partial charge in [0.2, 0.25) is 0 Å². The van der Waals surface area contributed by atoms with Crippen LogP contribution in [0.25, 0.3) is 6.08 Å². The van der Waals surface area contributed by atoms with Gasteiger partial charge < -0.3 is 5.11 Å². The molecule has 1 unspecified atom stereocenters. The Morgan fingerprint density at radius 2 is 1.90 bits per heavy atom. The highest BCUT2D eigenvalue weighted by Gasteiger charge is 2.43. The van der Waals surface area contributed by atoms with Crippen molar-refractivity contribution in [3.05, 3.63) is 51.1 Å². The van der Waals surface area contributed by atoms with E-state index in [2.05, 4.69) is 0 Å². The lowest BCUT2D eigenvalue weighted by Gasteiger charge is -2.19. The first kappa shape index (κ1) is 14.7. The monoisotopic (exact) mass is 340 g/mol. The van der Waals surface area contributed by atoms with Crippen LogP contribution in [-0.2, 0) is 21.1 Å². The van der Waals surface area contributed by atoms with Crippen LogP contribution in [0.1, 0.15) is 11.1 Å². The van der Waals surface area contributed by atoms with Crippen molar-refractivity contribution in [3.63, 3.8) is 0 Å². The molecule has 1 aliphatic heterocycles. The fourth-order valence-electron chi connectivity index (χ4n) is 2.38. The molecule has 4 nitrogen and oxygen atoms in total. The van der Waals surface area contributed by atoms with Crippen molar-refractivity contribution in [3.8, 4) is 0 Å². The Bertz CT molecular complexity index is 741.